The van der Waals surface area contributed by atoms with Gasteiger partial charge in [-0.15, -0.1) is 0 Å². The van der Waals surface area contributed by atoms with Crippen LogP contribution in [0.15, 0.2) is 18.3 Å². The Balaban J connectivity index is 2.93. The van der Waals surface area contributed by atoms with Crippen LogP contribution < -0.4 is 5.32 Å². The lowest BCUT2D eigenvalue weighted by atomic mass is 9.85. The highest BCUT2D eigenvalue weighted by Gasteiger charge is 2.33. The Kier molecular flexibility index (Phi) is 5.33. The summed E-state index contributed by atoms with van der Waals surface area (Å²) >= 11 is 0. The number of carboxylic acid groups (broad SMARTS) is 1. The molecule has 1 rings (SSSR count). The first-order valence-electron chi connectivity index (χ1n) is 7.46. The Bertz CT molecular complexity index is 544. The van der Waals surface area contributed by atoms with Gasteiger partial charge in [0.2, 0.25) is 0 Å². The molecule has 0 saturated carbocycles. The van der Waals surface area contributed by atoms with Gasteiger partial charge in [0.05, 0.1) is 12.0 Å². The second-order valence-corrected chi connectivity index (χ2v) is 7.28. The molecule has 5 nitrogen and oxygen atoms in total. The zero-order chi connectivity index (χ0) is 17.1. The largest absolute Gasteiger partial charge is 0.481 e. The average Bonchev–Trinajstić information content (AvgIpc) is 2.36. The minimum atomic E-state index is -0.937. The molecule has 1 amide bonds. The highest BCUT2D eigenvalue weighted by atomic mass is 16.4. The van der Waals surface area contributed by atoms with E-state index in [2.05, 4.69) is 31.1 Å². The molecule has 0 aliphatic rings. The van der Waals surface area contributed by atoms with E-state index in [4.69, 9.17) is 5.11 Å². The van der Waals surface area contributed by atoms with E-state index in [1.54, 1.807) is 19.2 Å². The summed E-state index contributed by atoms with van der Waals surface area (Å²) < 4.78 is 0. The quantitative estimate of drug-likeness (QED) is 0.876. The summed E-state index contributed by atoms with van der Waals surface area (Å²) in [5.74, 6) is -1.30. The molecule has 5 heteroatoms. The van der Waals surface area contributed by atoms with Crippen molar-refractivity contribution in [2.75, 3.05) is 0 Å². The lowest BCUT2D eigenvalue weighted by molar-refractivity contribution is -0.138. The molecule has 0 fully saturated rings. The standard InChI is InChI=1S/C17H26N2O3/c1-11(2)17(6,9-14(20)21)19-15(22)13-8-7-12(10-18-13)16(3,4)5/h7-8,10-11H,9H2,1-6H3,(H,19,22)(H,20,21). The number of hydrogen-bond donors (Lipinski definition) is 2. The molecular weight excluding hydrogens is 280 g/mol. The van der Waals surface area contributed by atoms with E-state index in [0.29, 0.717) is 5.69 Å². The Labute approximate surface area is 132 Å². The van der Waals surface area contributed by atoms with Gasteiger partial charge in [0.15, 0.2) is 0 Å². The molecule has 22 heavy (non-hydrogen) atoms. The summed E-state index contributed by atoms with van der Waals surface area (Å²) in [4.78, 5) is 27.6. The fourth-order valence-corrected chi connectivity index (χ4v) is 2.00. The van der Waals surface area contributed by atoms with Crippen LogP contribution in [0, 0.1) is 5.92 Å². The number of carbonyl (C=O) groups excluding carboxylic acids is 1. The molecule has 1 atom stereocenters. The van der Waals surface area contributed by atoms with Gasteiger partial charge in [-0.25, -0.2) is 0 Å². The minimum absolute atomic E-state index is 0.0126. The van der Waals surface area contributed by atoms with Crippen molar-refractivity contribution in [3.05, 3.63) is 29.6 Å². The predicted molar refractivity (Wildman–Crippen MR) is 85.9 cm³/mol. The van der Waals surface area contributed by atoms with Crippen LogP contribution in [0.2, 0.25) is 0 Å². The van der Waals surface area contributed by atoms with Crippen LogP contribution in [0.4, 0.5) is 0 Å². The lowest BCUT2D eigenvalue weighted by Crippen LogP contribution is -2.51. The van der Waals surface area contributed by atoms with Gasteiger partial charge in [-0.3, -0.25) is 14.6 Å². The monoisotopic (exact) mass is 306 g/mol. The van der Waals surface area contributed by atoms with Crippen LogP contribution in [0.25, 0.3) is 0 Å². The van der Waals surface area contributed by atoms with Crippen LogP contribution in [0.5, 0.6) is 0 Å². The van der Waals surface area contributed by atoms with Crippen molar-refractivity contribution in [1.82, 2.24) is 10.3 Å². The van der Waals surface area contributed by atoms with E-state index in [0.717, 1.165) is 5.56 Å². The van der Waals surface area contributed by atoms with E-state index in [-0.39, 0.29) is 23.7 Å². The van der Waals surface area contributed by atoms with Crippen molar-refractivity contribution in [2.24, 2.45) is 5.92 Å². The van der Waals surface area contributed by atoms with Crippen molar-refractivity contribution in [2.45, 2.75) is 58.9 Å². The molecule has 0 radical (unpaired) electrons. The van der Waals surface area contributed by atoms with Crippen molar-refractivity contribution in [3.8, 4) is 0 Å². The number of rotatable bonds is 5. The van der Waals surface area contributed by atoms with Gasteiger partial charge < -0.3 is 10.4 Å². The molecule has 2 N–H and O–H groups in total. The smallest absolute Gasteiger partial charge is 0.305 e. The predicted octanol–water partition coefficient (Wildman–Crippen LogP) is 3.00. The van der Waals surface area contributed by atoms with Crippen LogP contribution in [0.1, 0.15) is 64.0 Å². The normalized spacial score (nSPS) is 14.5. The number of aliphatic carboxylic acids is 1. The van der Waals surface area contributed by atoms with Gasteiger partial charge >= 0.3 is 5.97 Å². The third-order valence-electron chi connectivity index (χ3n) is 4.05. The summed E-state index contributed by atoms with van der Waals surface area (Å²) in [6.07, 6.45) is 1.56. The Morgan fingerprint density at radius 2 is 1.82 bits per heavy atom. The first kappa shape index (κ1) is 18.1. The average molecular weight is 306 g/mol. The van der Waals surface area contributed by atoms with Gasteiger partial charge in [0, 0.05) is 6.20 Å². The third-order valence-corrected chi connectivity index (χ3v) is 4.05. The molecule has 0 spiro atoms. The maximum atomic E-state index is 12.3. The zero-order valence-corrected chi connectivity index (χ0v) is 14.2. The molecule has 1 aromatic rings. The van der Waals surface area contributed by atoms with Gasteiger partial charge in [0.1, 0.15) is 5.69 Å². The third kappa shape index (κ3) is 4.55. The maximum Gasteiger partial charge on any atom is 0.305 e. The molecule has 0 aliphatic heterocycles. The number of hydrogen-bond acceptors (Lipinski definition) is 3. The molecule has 0 saturated heterocycles. The van der Waals surface area contributed by atoms with Crippen molar-refractivity contribution in [1.29, 1.82) is 0 Å². The van der Waals surface area contributed by atoms with Gasteiger partial charge in [0.25, 0.3) is 5.91 Å². The van der Waals surface area contributed by atoms with Crippen molar-refractivity contribution < 1.29 is 14.7 Å². The Morgan fingerprint density at radius 1 is 1.23 bits per heavy atom. The highest BCUT2D eigenvalue weighted by Crippen LogP contribution is 2.23. The summed E-state index contributed by atoms with van der Waals surface area (Å²) in [5.41, 5.74) is 0.497. The van der Waals surface area contributed by atoms with Crippen LogP contribution in [-0.4, -0.2) is 27.5 Å². The van der Waals surface area contributed by atoms with Crippen molar-refractivity contribution in [3.63, 3.8) is 0 Å². The van der Waals surface area contributed by atoms with Crippen LogP contribution in [-0.2, 0) is 10.2 Å². The lowest BCUT2D eigenvalue weighted by Gasteiger charge is -2.33. The van der Waals surface area contributed by atoms with E-state index in [9.17, 15) is 9.59 Å². The number of nitrogens with one attached hydrogen (secondary N) is 1. The van der Waals surface area contributed by atoms with Crippen LogP contribution in [0.3, 0.4) is 0 Å². The van der Waals surface area contributed by atoms with E-state index in [1.807, 2.05) is 19.9 Å². The molecule has 0 aromatic carbocycles. The van der Waals surface area contributed by atoms with E-state index in [1.165, 1.54) is 0 Å². The second kappa shape index (κ2) is 6.46. The SMILES string of the molecule is CC(C)C(C)(CC(=O)O)NC(=O)c1ccc(C(C)(C)C)cn1. The van der Waals surface area contributed by atoms with Gasteiger partial charge in [-0.1, -0.05) is 40.7 Å². The number of aromatic nitrogens is 1. The molecule has 1 aromatic heterocycles. The number of amides is 1. The summed E-state index contributed by atoms with van der Waals surface area (Å²) in [6, 6.07) is 3.56. The molecular formula is C17H26N2O3. The Hall–Kier alpha value is -1.91. The first-order chi connectivity index (χ1) is 9.95. The number of nitrogens with zero attached hydrogens (tertiary/aromatic N) is 1. The Morgan fingerprint density at radius 3 is 2.18 bits per heavy atom. The second-order valence-electron chi connectivity index (χ2n) is 7.28. The van der Waals surface area contributed by atoms with E-state index < -0.39 is 11.5 Å². The van der Waals surface area contributed by atoms with Gasteiger partial charge in [-0.05, 0) is 29.9 Å². The van der Waals surface area contributed by atoms with Crippen molar-refractivity contribution >= 4 is 11.9 Å². The maximum absolute atomic E-state index is 12.3. The van der Waals surface area contributed by atoms with Gasteiger partial charge in [-0.2, -0.15) is 0 Å². The highest BCUT2D eigenvalue weighted by molar-refractivity contribution is 5.93. The molecule has 1 unspecified atom stereocenters. The molecule has 0 aliphatic carbocycles. The minimum Gasteiger partial charge on any atom is -0.481 e. The number of pyridine rings is 1. The summed E-state index contributed by atoms with van der Waals surface area (Å²) in [6.45, 7) is 11.7. The number of carbonyl (C=O) groups is 2. The van der Waals surface area contributed by atoms with Crippen LogP contribution >= 0.6 is 0 Å². The topological polar surface area (TPSA) is 79.3 Å². The first-order valence-corrected chi connectivity index (χ1v) is 7.46. The molecule has 122 valence electrons. The summed E-state index contributed by atoms with van der Waals surface area (Å²) in [7, 11) is 0. The fraction of sp³-hybridized carbons (Fsp3) is 0.588. The fourth-order valence-electron chi connectivity index (χ4n) is 2.00. The summed E-state index contributed by atoms with van der Waals surface area (Å²) in [5, 5.41) is 11.9. The van der Waals surface area contributed by atoms with E-state index >= 15 is 0 Å². The zero-order valence-electron chi connectivity index (χ0n) is 14.2. The number of carboxylic acids is 1. The molecule has 1 heterocycles. The molecule has 0 bridgehead atoms.